The van der Waals surface area contributed by atoms with E-state index in [0.717, 1.165) is 18.5 Å². The highest BCUT2D eigenvalue weighted by Crippen LogP contribution is 2.59. The Bertz CT molecular complexity index is 733. The van der Waals surface area contributed by atoms with E-state index in [1.807, 2.05) is 38.1 Å². The molecular weight excluding hydrogens is 407 g/mol. The number of halogens is 2. The minimum atomic E-state index is -0.926. The van der Waals surface area contributed by atoms with Crippen molar-refractivity contribution in [2.45, 2.75) is 74.3 Å². The molecule has 1 saturated carbocycles. The maximum atomic E-state index is 12.9. The number of nitrogens with zero attached hydrogens (tertiary/aromatic N) is 1. The monoisotopic (exact) mass is 438 g/mol. The van der Waals surface area contributed by atoms with Crippen molar-refractivity contribution in [2.75, 3.05) is 19.6 Å². The lowest BCUT2D eigenvalue weighted by molar-refractivity contribution is -0.134. The van der Waals surface area contributed by atoms with E-state index in [9.17, 15) is 4.79 Å². The lowest BCUT2D eigenvalue weighted by Crippen LogP contribution is -2.53. The second-order valence-corrected chi connectivity index (χ2v) is 11.0. The zero-order chi connectivity index (χ0) is 20.6. The van der Waals surface area contributed by atoms with E-state index in [0.29, 0.717) is 17.7 Å². The summed E-state index contributed by atoms with van der Waals surface area (Å²) in [4.78, 5) is 15.5. The Hall–Kier alpha value is -0.970. The van der Waals surface area contributed by atoms with Crippen molar-refractivity contribution in [1.29, 1.82) is 0 Å². The van der Waals surface area contributed by atoms with E-state index in [1.54, 1.807) is 0 Å². The Morgan fingerprint density at radius 2 is 1.86 bits per heavy atom. The molecule has 2 aliphatic heterocycles. The number of alkyl halides is 2. The SMILES string of the molecule is CC(C)(Oc1ccc([C@H]2CC2(Cl)Cl)cc1)C(=O)NC[C@@H]1CCCN2CCCC[C@H]12. The van der Waals surface area contributed by atoms with Gasteiger partial charge >= 0.3 is 0 Å². The molecule has 0 radical (unpaired) electrons. The first-order valence-electron chi connectivity index (χ1n) is 11.0. The lowest BCUT2D eigenvalue weighted by Gasteiger charge is -2.44. The summed E-state index contributed by atoms with van der Waals surface area (Å²) >= 11 is 12.3. The highest BCUT2D eigenvalue weighted by molar-refractivity contribution is 6.51. The first-order valence-corrected chi connectivity index (χ1v) is 11.7. The number of rotatable bonds is 6. The predicted octanol–water partition coefficient (Wildman–Crippen LogP) is 4.89. The average Bonchev–Trinajstić information content (AvgIpc) is 3.34. The molecule has 29 heavy (non-hydrogen) atoms. The van der Waals surface area contributed by atoms with E-state index in [2.05, 4.69) is 10.2 Å². The minimum Gasteiger partial charge on any atom is -0.478 e. The number of piperidine rings is 2. The molecule has 3 atom stereocenters. The molecule has 1 aromatic carbocycles. The fraction of sp³-hybridized carbons (Fsp3) is 0.696. The van der Waals surface area contributed by atoms with Gasteiger partial charge in [-0.3, -0.25) is 4.79 Å². The van der Waals surface area contributed by atoms with Gasteiger partial charge in [-0.05, 0) is 82.7 Å². The highest BCUT2D eigenvalue weighted by Gasteiger charge is 2.52. The molecule has 3 fully saturated rings. The minimum absolute atomic E-state index is 0.0581. The van der Waals surface area contributed by atoms with Crippen LogP contribution in [-0.4, -0.2) is 46.4 Å². The van der Waals surface area contributed by atoms with Gasteiger partial charge in [0.1, 0.15) is 10.1 Å². The summed E-state index contributed by atoms with van der Waals surface area (Å²) in [6, 6.07) is 8.40. The predicted molar refractivity (Wildman–Crippen MR) is 118 cm³/mol. The largest absolute Gasteiger partial charge is 0.478 e. The fourth-order valence-electron chi connectivity index (χ4n) is 4.94. The Balaban J connectivity index is 1.30. The number of carbonyl (C=O) groups excluding carboxylic acids is 1. The number of nitrogens with one attached hydrogen (secondary N) is 1. The van der Waals surface area contributed by atoms with E-state index < -0.39 is 9.93 Å². The average molecular weight is 439 g/mol. The van der Waals surface area contributed by atoms with Crippen molar-refractivity contribution in [1.82, 2.24) is 10.2 Å². The molecule has 0 unspecified atom stereocenters. The molecule has 4 rings (SSSR count). The van der Waals surface area contributed by atoms with E-state index in [-0.39, 0.29) is 11.8 Å². The molecule has 1 aliphatic carbocycles. The van der Waals surface area contributed by atoms with Crippen molar-refractivity contribution >= 4 is 29.1 Å². The van der Waals surface area contributed by atoms with Gasteiger partial charge in [-0.25, -0.2) is 0 Å². The molecule has 0 spiro atoms. The topological polar surface area (TPSA) is 41.6 Å². The molecule has 4 nitrogen and oxygen atoms in total. The van der Waals surface area contributed by atoms with Crippen LogP contribution in [0.15, 0.2) is 24.3 Å². The quantitative estimate of drug-likeness (QED) is 0.642. The number of carbonyl (C=O) groups is 1. The van der Waals surface area contributed by atoms with Crippen LogP contribution in [-0.2, 0) is 4.79 Å². The van der Waals surface area contributed by atoms with E-state index in [1.165, 1.54) is 45.2 Å². The fourth-order valence-corrected chi connectivity index (χ4v) is 5.50. The number of fused-ring (bicyclic) bond motifs is 1. The van der Waals surface area contributed by atoms with Crippen molar-refractivity contribution in [3.63, 3.8) is 0 Å². The summed E-state index contributed by atoms with van der Waals surface area (Å²) in [5.74, 6) is 1.36. The zero-order valence-electron chi connectivity index (χ0n) is 17.4. The first kappa shape index (κ1) is 21.3. The third-order valence-corrected chi connectivity index (χ3v) is 7.62. The lowest BCUT2D eigenvalue weighted by atomic mass is 9.83. The van der Waals surface area contributed by atoms with Crippen LogP contribution in [0.3, 0.4) is 0 Å². The molecule has 1 amide bonds. The highest BCUT2D eigenvalue weighted by atomic mass is 35.5. The Morgan fingerprint density at radius 1 is 1.17 bits per heavy atom. The summed E-state index contributed by atoms with van der Waals surface area (Å²) in [6.45, 7) is 6.83. The van der Waals surface area contributed by atoms with Crippen LogP contribution in [0.4, 0.5) is 0 Å². The maximum absolute atomic E-state index is 12.9. The second kappa shape index (κ2) is 8.28. The molecule has 3 aliphatic rings. The second-order valence-electron chi connectivity index (χ2n) is 9.41. The number of benzene rings is 1. The van der Waals surface area contributed by atoms with Crippen LogP contribution in [0.5, 0.6) is 5.75 Å². The van der Waals surface area contributed by atoms with Gasteiger partial charge < -0.3 is 15.0 Å². The normalized spacial score (nSPS) is 29.0. The number of hydrogen-bond donors (Lipinski definition) is 1. The van der Waals surface area contributed by atoms with Crippen LogP contribution >= 0.6 is 23.2 Å². The van der Waals surface area contributed by atoms with E-state index >= 15 is 0 Å². The van der Waals surface area contributed by atoms with E-state index in [4.69, 9.17) is 27.9 Å². The Labute approximate surface area is 184 Å². The molecule has 0 bridgehead atoms. The van der Waals surface area contributed by atoms with Gasteiger partial charge in [0.25, 0.3) is 5.91 Å². The van der Waals surface area contributed by atoms with Gasteiger partial charge in [-0.15, -0.1) is 23.2 Å². The van der Waals surface area contributed by atoms with Crippen molar-refractivity contribution in [3.8, 4) is 5.75 Å². The first-order chi connectivity index (χ1) is 13.8. The van der Waals surface area contributed by atoms with Crippen LogP contribution in [0, 0.1) is 5.92 Å². The van der Waals surface area contributed by atoms with Gasteiger partial charge in [0.2, 0.25) is 0 Å². The number of hydrogen-bond acceptors (Lipinski definition) is 3. The van der Waals surface area contributed by atoms with Gasteiger partial charge in [0.05, 0.1) is 0 Å². The summed E-state index contributed by atoms with van der Waals surface area (Å²) in [5.41, 5.74) is 0.184. The summed E-state index contributed by atoms with van der Waals surface area (Å²) < 4.78 is 5.40. The third kappa shape index (κ3) is 4.86. The Kier molecular flexibility index (Phi) is 6.07. The van der Waals surface area contributed by atoms with Gasteiger partial charge in [-0.2, -0.15) is 0 Å². The van der Waals surface area contributed by atoms with Crippen molar-refractivity contribution < 1.29 is 9.53 Å². The molecule has 1 aromatic rings. The van der Waals surface area contributed by atoms with Crippen molar-refractivity contribution in [3.05, 3.63) is 29.8 Å². The van der Waals surface area contributed by atoms with Gasteiger partial charge in [0.15, 0.2) is 5.60 Å². The third-order valence-electron chi connectivity index (χ3n) is 6.78. The molecule has 0 aromatic heterocycles. The Morgan fingerprint density at radius 3 is 2.55 bits per heavy atom. The maximum Gasteiger partial charge on any atom is 0.263 e. The summed E-state index contributed by atoms with van der Waals surface area (Å²) in [5, 5.41) is 3.17. The number of amides is 1. The zero-order valence-corrected chi connectivity index (χ0v) is 18.9. The molecule has 160 valence electrons. The molecular formula is C23H32Cl2N2O2. The molecule has 2 saturated heterocycles. The summed E-state index contributed by atoms with van der Waals surface area (Å²) in [7, 11) is 0. The smallest absolute Gasteiger partial charge is 0.263 e. The van der Waals surface area contributed by atoms with Gasteiger partial charge in [0, 0.05) is 18.5 Å². The van der Waals surface area contributed by atoms with Crippen molar-refractivity contribution in [2.24, 2.45) is 5.92 Å². The molecule has 2 heterocycles. The van der Waals surface area contributed by atoms with Crippen LogP contribution < -0.4 is 10.1 Å². The van der Waals surface area contributed by atoms with Crippen LogP contribution in [0.1, 0.15) is 63.9 Å². The van der Waals surface area contributed by atoms with Crippen LogP contribution in [0.25, 0.3) is 0 Å². The standard InChI is InChI=1S/C23H32Cl2N2O2/c1-22(2,29-18-10-8-16(9-11-18)19-14-23(19,24)25)21(28)26-15-17-6-5-13-27-12-4-3-7-20(17)27/h8-11,17,19-20H,3-7,12-15H2,1-2H3,(H,26,28)/t17-,19+,20+/m0/s1. The molecule has 6 heteroatoms. The summed E-state index contributed by atoms with van der Waals surface area (Å²) in [6.07, 6.45) is 7.10. The number of ether oxygens (including phenoxy) is 1. The van der Waals surface area contributed by atoms with Gasteiger partial charge in [-0.1, -0.05) is 18.6 Å². The molecule has 1 N–H and O–H groups in total. The van der Waals surface area contributed by atoms with Crippen LogP contribution in [0.2, 0.25) is 0 Å².